The van der Waals surface area contributed by atoms with E-state index in [1.165, 1.54) is 10.7 Å². The van der Waals surface area contributed by atoms with Gasteiger partial charge in [0.1, 0.15) is 6.04 Å². The topological polar surface area (TPSA) is 98.8 Å². The van der Waals surface area contributed by atoms with E-state index in [-0.39, 0.29) is 5.69 Å². The molecule has 1 aromatic heterocycles. The van der Waals surface area contributed by atoms with Crippen LogP contribution in [0.4, 0.5) is 5.69 Å². The predicted molar refractivity (Wildman–Crippen MR) is 88.2 cm³/mol. The Balaban J connectivity index is 2.12. The number of nitro benzene ring substituents is 1. The molecular formula is C15H13ClN6O2. The van der Waals surface area contributed by atoms with Gasteiger partial charge in [0.25, 0.3) is 5.69 Å². The van der Waals surface area contributed by atoms with Crippen LogP contribution < -0.4 is 5.32 Å². The van der Waals surface area contributed by atoms with E-state index in [0.717, 1.165) is 0 Å². The van der Waals surface area contributed by atoms with Gasteiger partial charge >= 0.3 is 0 Å². The number of aromatic nitrogens is 4. The molecule has 0 saturated carbocycles. The number of nitrogens with zero attached hydrogens (tertiary/aromatic N) is 5. The Labute approximate surface area is 142 Å². The van der Waals surface area contributed by atoms with Gasteiger partial charge in [-0.1, -0.05) is 35.9 Å². The number of halogens is 1. The lowest BCUT2D eigenvalue weighted by Gasteiger charge is -2.16. The lowest BCUT2D eigenvalue weighted by atomic mass is 10.0. The molecule has 24 heavy (non-hydrogen) atoms. The van der Waals surface area contributed by atoms with Gasteiger partial charge in [-0.3, -0.25) is 10.1 Å². The van der Waals surface area contributed by atoms with Crippen molar-refractivity contribution >= 4 is 17.3 Å². The Kier molecular flexibility index (Phi) is 4.50. The monoisotopic (exact) mass is 344 g/mol. The SMILES string of the molecule is CN[C@H](c1ccccc1[N+](=O)[O-])c1nnnn1-c1cccc(Cl)c1. The molecule has 0 aliphatic rings. The first-order chi connectivity index (χ1) is 11.6. The van der Waals surface area contributed by atoms with Gasteiger partial charge in [0.2, 0.25) is 0 Å². The van der Waals surface area contributed by atoms with Gasteiger partial charge in [-0.15, -0.1) is 5.10 Å². The van der Waals surface area contributed by atoms with Gasteiger partial charge in [0.15, 0.2) is 5.82 Å². The molecule has 0 bridgehead atoms. The molecule has 1 N–H and O–H groups in total. The van der Waals surface area contributed by atoms with Crippen LogP contribution in [0.25, 0.3) is 5.69 Å². The molecule has 3 aromatic rings. The van der Waals surface area contributed by atoms with Gasteiger partial charge in [0.05, 0.1) is 16.2 Å². The van der Waals surface area contributed by atoms with Crippen molar-refractivity contribution < 1.29 is 4.92 Å². The number of nitro groups is 1. The lowest BCUT2D eigenvalue weighted by Crippen LogP contribution is -2.23. The van der Waals surface area contributed by atoms with Crippen molar-refractivity contribution in [2.24, 2.45) is 0 Å². The fraction of sp³-hybridized carbons (Fsp3) is 0.133. The molecule has 2 aromatic carbocycles. The minimum Gasteiger partial charge on any atom is -0.306 e. The summed E-state index contributed by atoms with van der Waals surface area (Å²) in [6, 6.07) is 13.0. The first-order valence-corrected chi connectivity index (χ1v) is 7.44. The van der Waals surface area contributed by atoms with Crippen molar-refractivity contribution in [1.82, 2.24) is 25.5 Å². The highest BCUT2D eigenvalue weighted by Crippen LogP contribution is 2.29. The molecule has 9 heteroatoms. The van der Waals surface area contributed by atoms with E-state index in [4.69, 9.17) is 11.6 Å². The second-order valence-electron chi connectivity index (χ2n) is 4.97. The van der Waals surface area contributed by atoms with E-state index in [1.807, 2.05) is 0 Å². The Morgan fingerprint density at radius 2 is 2.04 bits per heavy atom. The van der Waals surface area contributed by atoms with Crippen LogP contribution in [0.1, 0.15) is 17.4 Å². The van der Waals surface area contributed by atoms with Crippen molar-refractivity contribution in [1.29, 1.82) is 0 Å². The number of nitrogens with one attached hydrogen (secondary N) is 1. The van der Waals surface area contributed by atoms with Gasteiger partial charge in [-0.2, -0.15) is 4.68 Å². The van der Waals surface area contributed by atoms with Crippen LogP contribution in [0.15, 0.2) is 48.5 Å². The number of hydrogen-bond donors (Lipinski definition) is 1. The Morgan fingerprint density at radius 1 is 1.25 bits per heavy atom. The van der Waals surface area contributed by atoms with Crippen molar-refractivity contribution in [3.05, 3.63) is 75.1 Å². The van der Waals surface area contributed by atoms with Gasteiger partial charge in [-0.05, 0) is 35.7 Å². The molecule has 0 radical (unpaired) electrons. The molecule has 0 saturated heterocycles. The van der Waals surface area contributed by atoms with E-state index in [0.29, 0.717) is 22.1 Å². The van der Waals surface area contributed by atoms with Gasteiger partial charge < -0.3 is 5.32 Å². The van der Waals surface area contributed by atoms with Crippen molar-refractivity contribution in [2.75, 3.05) is 7.05 Å². The fourth-order valence-corrected chi connectivity index (χ4v) is 2.67. The fourth-order valence-electron chi connectivity index (χ4n) is 2.49. The summed E-state index contributed by atoms with van der Waals surface area (Å²) in [6.07, 6.45) is 0. The third-order valence-corrected chi connectivity index (χ3v) is 3.77. The summed E-state index contributed by atoms with van der Waals surface area (Å²) in [5, 5.41) is 26.6. The summed E-state index contributed by atoms with van der Waals surface area (Å²) in [5.74, 6) is 0.425. The average molecular weight is 345 g/mol. The third kappa shape index (κ3) is 2.97. The van der Waals surface area contributed by atoms with Crippen LogP contribution in [0.3, 0.4) is 0 Å². The molecule has 0 spiro atoms. The largest absolute Gasteiger partial charge is 0.306 e. The van der Waals surface area contributed by atoms with E-state index < -0.39 is 11.0 Å². The van der Waals surface area contributed by atoms with Gasteiger partial charge in [0, 0.05) is 11.1 Å². The first kappa shape index (κ1) is 16.0. The zero-order valence-corrected chi connectivity index (χ0v) is 13.4. The van der Waals surface area contributed by atoms with Crippen molar-refractivity contribution in [3.8, 4) is 5.69 Å². The highest BCUT2D eigenvalue weighted by molar-refractivity contribution is 6.30. The molecule has 0 aliphatic heterocycles. The zero-order chi connectivity index (χ0) is 17.1. The maximum atomic E-state index is 11.3. The number of tetrazole rings is 1. The Hall–Kier alpha value is -2.84. The summed E-state index contributed by atoms with van der Waals surface area (Å²) in [7, 11) is 1.69. The normalized spacial score (nSPS) is 12.1. The van der Waals surface area contributed by atoms with Crippen LogP contribution in [0.5, 0.6) is 0 Å². The highest BCUT2D eigenvalue weighted by Gasteiger charge is 2.27. The summed E-state index contributed by atoms with van der Waals surface area (Å²) < 4.78 is 1.50. The summed E-state index contributed by atoms with van der Waals surface area (Å²) >= 11 is 6.02. The Bertz CT molecular complexity index is 882. The number of rotatable bonds is 5. The van der Waals surface area contributed by atoms with Crippen LogP contribution in [-0.4, -0.2) is 32.2 Å². The Morgan fingerprint density at radius 3 is 2.75 bits per heavy atom. The van der Waals surface area contributed by atoms with Crippen LogP contribution in [-0.2, 0) is 0 Å². The minimum absolute atomic E-state index is 0.00232. The van der Waals surface area contributed by atoms with E-state index in [9.17, 15) is 10.1 Å². The molecule has 0 amide bonds. The lowest BCUT2D eigenvalue weighted by molar-refractivity contribution is -0.385. The highest BCUT2D eigenvalue weighted by atomic mass is 35.5. The quantitative estimate of drug-likeness (QED) is 0.564. The van der Waals surface area contributed by atoms with Gasteiger partial charge in [-0.25, -0.2) is 0 Å². The molecule has 122 valence electrons. The summed E-state index contributed by atoms with van der Waals surface area (Å²) in [5.41, 5.74) is 1.14. The average Bonchev–Trinajstić information content (AvgIpc) is 3.05. The number of hydrogen-bond acceptors (Lipinski definition) is 6. The molecule has 8 nitrogen and oxygen atoms in total. The minimum atomic E-state index is -0.555. The molecule has 0 aliphatic carbocycles. The van der Waals surface area contributed by atoms with Crippen LogP contribution in [0.2, 0.25) is 5.02 Å². The van der Waals surface area contributed by atoms with E-state index in [1.54, 1.807) is 49.5 Å². The first-order valence-electron chi connectivity index (χ1n) is 7.06. The number of benzene rings is 2. The third-order valence-electron chi connectivity index (χ3n) is 3.54. The van der Waals surface area contributed by atoms with Crippen LogP contribution >= 0.6 is 11.6 Å². The number of para-hydroxylation sites is 1. The zero-order valence-electron chi connectivity index (χ0n) is 12.6. The molecule has 0 fully saturated rings. The van der Waals surface area contributed by atoms with Crippen LogP contribution in [0, 0.1) is 10.1 Å². The van der Waals surface area contributed by atoms with Crippen molar-refractivity contribution in [2.45, 2.75) is 6.04 Å². The van der Waals surface area contributed by atoms with Crippen molar-refractivity contribution in [3.63, 3.8) is 0 Å². The predicted octanol–water partition coefficient (Wildman–Crippen LogP) is 2.53. The molecule has 1 atom stereocenters. The van der Waals surface area contributed by atoms with E-state index >= 15 is 0 Å². The van der Waals surface area contributed by atoms with E-state index in [2.05, 4.69) is 20.8 Å². The molecule has 0 unspecified atom stereocenters. The standard InChI is InChI=1S/C15H13ClN6O2/c1-17-14(12-7-2-3-8-13(12)22(23)24)15-18-19-20-21(15)11-6-4-5-10(16)9-11/h2-9,14,17H,1H3/t14-/m1/s1. The summed E-state index contributed by atoms with van der Waals surface area (Å²) in [6.45, 7) is 0. The molecule has 3 rings (SSSR count). The molecular weight excluding hydrogens is 332 g/mol. The molecule has 1 heterocycles. The summed E-state index contributed by atoms with van der Waals surface area (Å²) in [4.78, 5) is 10.9. The maximum Gasteiger partial charge on any atom is 0.274 e. The second kappa shape index (κ2) is 6.73. The smallest absolute Gasteiger partial charge is 0.274 e. The second-order valence-corrected chi connectivity index (χ2v) is 5.40. The maximum absolute atomic E-state index is 11.3.